The van der Waals surface area contributed by atoms with E-state index in [1.807, 2.05) is 19.9 Å². The number of nitrogens with one attached hydrogen (secondary N) is 1. The van der Waals surface area contributed by atoms with Crippen LogP contribution in [0.15, 0.2) is 42.5 Å². The van der Waals surface area contributed by atoms with E-state index in [2.05, 4.69) is 41.7 Å². The summed E-state index contributed by atoms with van der Waals surface area (Å²) in [6, 6.07) is 14.7. The van der Waals surface area contributed by atoms with Gasteiger partial charge in [0.1, 0.15) is 0 Å². The summed E-state index contributed by atoms with van der Waals surface area (Å²) in [7, 11) is 0. The van der Waals surface area contributed by atoms with Crippen LogP contribution in [-0.4, -0.2) is 18.0 Å². The Morgan fingerprint density at radius 2 is 1.95 bits per heavy atom. The van der Waals surface area contributed by atoms with Crippen molar-refractivity contribution in [3.8, 4) is 0 Å². The first-order valence-electron chi connectivity index (χ1n) is 7.50. The number of rotatable bonds is 4. The Labute approximate surface area is 125 Å². The highest BCUT2D eigenvalue weighted by Crippen LogP contribution is 2.49. The van der Waals surface area contributed by atoms with Crippen LogP contribution in [0, 0.1) is 5.92 Å². The minimum Gasteiger partial charge on any atom is -0.354 e. The van der Waals surface area contributed by atoms with Crippen LogP contribution < -0.4 is 11.1 Å². The van der Waals surface area contributed by atoms with Crippen LogP contribution in [0.25, 0.3) is 10.8 Å². The molecule has 3 N–H and O–H groups in total. The van der Waals surface area contributed by atoms with E-state index in [1.54, 1.807) is 0 Å². The van der Waals surface area contributed by atoms with Crippen molar-refractivity contribution in [2.45, 2.75) is 31.7 Å². The number of carbonyl (C=O) groups is 1. The van der Waals surface area contributed by atoms with Gasteiger partial charge in [-0.15, -0.1) is 0 Å². The minimum atomic E-state index is -0.362. The lowest BCUT2D eigenvalue weighted by Crippen LogP contribution is -2.45. The third-order valence-electron chi connectivity index (χ3n) is 4.07. The first kappa shape index (κ1) is 14.1. The van der Waals surface area contributed by atoms with Crippen molar-refractivity contribution in [2.75, 3.05) is 6.54 Å². The first-order valence-corrected chi connectivity index (χ1v) is 7.50. The second kappa shape index (κ2) is 5.15. The average molecular weight is 282 g/mol. The van der Waals surface area contributed by atoms with Crippen LogP contribution in [0.5, 0.6) is 0 Å². The third-order valence-corrected chi connectivity index (χ3v) is 4.07. The maximum absolute atomic E-state index is 12.2. The molecule has 1 aliphatic carbocycles. The van der Waals surface area contributed by atoms with Crippen molar-refractivity contribution < 1.29 is 4.79 Å². The number of nitrogens with two attached hydrogens (primary N) is 1. The van der Waals surface area contributed by atoms with Crippen LogP contribution >= 0.6 is 0 Å². The predicted octanol–water partition coefficient (Wildman–Crippen LogP) is 2.80. The zero-order valence-electron chi connectivity index (χ0n) is 12.6. The third kappa shape index (κ3) is 3.08. The second-order valence-electron chi connectivity index (χ2n) is 6.72. The van der Waals surface area contributed by atoms with Crippen molar-refractivity contribution in [3.63, 3.8) is 0 Å². The summed E-state index contributed by atoms with van der Waals surface area (Å²) in [4.78, 5) is 12.2. The molecular formula is C18H22N2O. The zero-order chi connectivity index (χ0) is 15.0. The maximum Gasteiger partial charge on any atom is 0.223 e. The lowest BCUT2D eigenvalue weighted by molar-refractivity contribution is -0.122. The monoisotopic (exact) mass is 282 g/mol. The van der Waals surface area contributed by atoms with Gasteiger partial charge in [-0.2, -0.15) is 0 Å². The van der Waals surface area contributed by atoms with Gasteiger partial charge in [0.05, 0.1) is 0 Å². The number of fused-ring (bicyclic) bond motifs is 1. The molecule has 0 spiro atoms. The number of amides is 1. The highest BCUT2D eigenvalue weighted by Gasteiger charge is 2.44. The van der Waals surface area contributed by atoms with E-state index < -0.39 is 0 Å². The minimum absolute atomic E-state index is 0.0955. The SMILES string of the molecule is CC(C)(N)CNC(=O)C1CC1c1cccc2ccccc12. The van der Waals surface area contributed by atoms with Crippen molar-refractivity contribution in [1.29, 1.82) is 0 Å². The predicted molar refractivity (Wildman–Crippen MR) is 86.1 cm³/mol. The summed E-state index contributed by atoms with van der Waals surface area (Å²) < 4.78 is 0. The van der Waals surface area contributed by atoms with Crippen molar-refractivity contribution in [1.82, 2.24) is 5.32 Å². The zero-order valence-corrected chi connectivity index (χ0v) is 12.6. The Morgan fingerprint density at radius 3 is 2.71 bits per heavy atom. The Hall–Kier alpha value is -1.87. The summed E-state index contributed by atoms with van der Waals surface area (Å²) in [6.45, 7) is 4.36. The van der Waals surface area contributed by atoms with E-state index in [4.69, 9.17) is 5.73 Å². The molecule has 2 aromatic rings. The molecule has 1 fully saturated rings. The molecule has 0 saturated heterocycles. The summed E-state index contributed by atoms with van der Waals surface area (Å²) in [6.07, 6.45) is 0.935. The van der Waals surface area contributed by atoms with E-state index in [0.29, 0.717) is 12.5 Å². The Morgan fingerprint density at radius 1 is 1.24 bits per heavy atom. The molecule has 0 aliphatic heterocycles. The summed E-state index contributed by atoms with van der Waals surface area (Å²) in [5.41, 5.74) is 6.84. The molecule has 1 amide bonds. The van der Waals surface area contributed by atoms with Gasteiger partial charge in [-0.25, -0.2) is 0 Å². The van der Waals surface area contributed by atoms with E-state index >= 15 is 0 Å². The number of carbonyl (C=O) groups excluding carboxylic acids is 1. The first-order chi connectivity index (χ1) is 9.96. The van der Waals surface area contributed by atoms with Crippen LogP contribution in [0.1, 0.15) is 31.7 Å². The van der Waals surface area contributed by atoms with Gasteiger partial charge in [0.2, 0.25) is 5.91 Å². The van der Waals surface area contributed by atoms with Crippen LogP contribution in [-0.2, 0) is 4.79 Å². The lowest BCUT2D eigenvalue weighted by Gasteiger charge is -2.18. The quantitative estimate of drug-likeness (QED) is 0.906. The van der Waals surface area contributed by atoms with Crippen LogP contribution in [0.3, 0.4) is 0 Å². The van der Waals surface area contributed by atoms with E-state index in [-0.39, 0.29) is 17.4 Å². The molecule has 0 aromatic heterocycles. The molecule has 3 rings (SSSR count). The average Bonchev–Trinajstić information content (AvgIpc) is 3.24. The van der Waals surface area contributed by atoms with Gasteiger partial charge in [-0.05, 0) is 42.5 Å². The normalized spacial score (nSPS) is 21.3. The van der Waals surface area contributed by atoms with Gasteiger partial charge in [0.25, 0.3) is 0 Å². The molecular weight excluding hydrogens is 260 g/mol. The second-order valence-corrected chi connectivity index (χ2v) is 6.72. The molecule has 21 heavy (non-hydrogen) atoms. The van der Waals surface area contributed by atoms with Crippen LogP contribution in [0.4, 0.5) is 0 Å². The standard InChI is InChI=1S/C18H22N2O/c1-18(2,19)11-20-17(21)16-10-15(16)14-9-5-7-12-6-3-4-8-13(12)14/h3-9,15-16H,10-11,19H2,1-2H3,(H,20,21). The fourth-order valence-corrected chi connectivity index (χ4v) is 2.85. The molecule has 2 atom stereocenters. The topological polar surface area (TPSA) is 55.1 Å². The Balaban J connectivity index is 1.73. The molecule has 0 heterocycles. The fraction of sp³-hybridized carbons (Fsp3) is 0.389. The van der Waals surface area contributed by atoms with Crippen LogP contribution in [0.2, 0.25) is 0 Å². The molecule has 2 unspecified atom stereocenters. The summed E-state index contributed by atoms with van der Waals surface area (Å²) in [5.74, 6) is 0.571. The van der Waals surface area contributed by atoms with Gasteiger partial charge < -0.3 is 11.1 Å². The van der Waals surface area contributed by atoms with E-state index in [0.717, 1.165) is 6.42 Å². The fourth-order valence-electron chi connectivity index (χ4n) is 2.85. The maximum atomic E-state index is 12.2. The van der Waals surface area contributed by atoms with E-state index in [1.165, 1.54) is 16.3 Å². The number of hydrogen-bond donors (Lipinski definition) is 2. The number of benzene rings is 2. The van der Waals surface area contributed by atoms with Crippen molar-refractivity contribution in [3.05, 3.63) is 48.0 Å². The van der Waals surface area contributed by atoms with E-state index in [9.17, 15) is 4.79 Å². The summed E-state index contributed by atoms with van der Waals surface area (Å²) >= 11 is 0. The largest absolute Gasteiger partial charge is 0.354 e. The van der Waals surface area contributed by atoms with Crippen molar-refractivity contribution in [2.24, 2.45) is 11.7 Å². The Bertz CT molecular complexity index is 667. The van der Waals surface area contributed by atoms with Gasteiger partial charge in [0.15, 0.2) is 0 Å². The smallest absolute Gasteiger partial charge is 0.223 e. The molecule has 3 heteroatoms. The molecule has 0 radical (unpaired) electrons. The molecule has 1 aliphatic rings. The highest BCUT2D eigenvalue weighted by atomic mass is 16.2. The van der Waals surface area contributed by atoms with Gasteiger partial charge in [-0.1, -0.05) is 42.5 Å². The lowest BCUT2D eigenvalue weighted by atomic mass is 10.00. The highest BCUT2D eigenvalue weighted by molar-refractivity contribution is 5.89. The molecule has 1 saturated carbocycles. The van der Waals surface area contributed by atoms with Gasteiger partial charge in [0, 0.05) is 18.0 Å². The summed E-state index contributed by atoms with van der Waals surface area (Å²) in [5, 5.41) is 5.47. The van der Waals surface area contributed by atoms with Gasteiger partial charge >= 0.3 is 0 Å². The number of hydrogen-bond acceptors (Lipinski definition) is 2. The molecule has 2 aromatic carbocycles. The Kier molecular flexibility index (Phi) is 3.46. The molecule has 3 nitrogen and oxygen atoms in total. The molecule has 110 valence electrons. The van der Waals surface area contributed by atoms with Gasteiger partial charge in [-0.3, -0.25) is 4.79 Å². The molecule has 0 bridgehead atoms. The van der Waals surface area contributed by atoms with Crippen molar-refractivity contribution >= 4 is 16.7 Å².